The molecule has 0 atom stereocenters. The highest BCUT2D eigenvalue weighted by atomic mass is 32.2. The third kappa shape index (κ3) is 2.58. The molecule has 0 spiro atoms. The van der Waals surface area contributed by atoms with Crippen molar-refractivity contribution in [2.45, 2.75) is 31.4 Å². The molecule has 0 aliphatic carbocycles. The molecule has 18 heavy (non-hydrogen) atoms. The maximum Gasteiger partial charge on any atom is 0.156 e. The van der Waals surface area contributed by atoms with Crippen LogP contribution in [0.15, 0.2) is 23.6 Å². The minimum Gasteiger partial charge on any atom is -0.326 e. The Labute approximate surface area is 112 Å². The van der Waals surface area contributed by atoms with E-state index in [2.05, 4.69) is 0 Å². The summed E-state index contributed by atoms with van der Waals surface area (Å²) in [4.78, 5) is 0. The van der Waals surface area contributed by atoms with Gasteiger partial charge in [-0.2, -0.15) is 0 Å². The number of fused-ring (bicyclic) bond motifs is 1. The SMILES string of the molecule is CC(C)S(=O)(=O)Cc1csc2ccc(CN)cc12. The van der Waals surface area contributed by atoms with E-state index < -0.39 is 9.84 Å². The van der Waals surface area contributed by atoms with Gasteiger partial charge in [0.1, 0.15) is 0 Å². The van der Waals surface area contributed by atoms with E-state index in [0.29, 0.717) is 6.54 Å². The fraction of sp³-hybridized carbons (Fsp3) is 0.385. The van der Waals surface area contributed by atoms with E-state index in [1.807, 2.05) is 23.6 Å². The largest absolute Gasteiger partial charge is 0.326 e. The van der Waals surface area contributed by atoms with Crippen molar-refractivity contribution in [2.75, 3.05) is 0 Å². The van der Waals surface area contributed by atoms with Crippen molar-refractivity contribution in [3.8, 4) is 0 Å². The van der Waals surface area contributed by atoms with Crippen molar-refractivity contribution in [3.63, 3.8) is 0 Å². The van der Waals surface area contributed by atoms with Gasteiger partial charge in [-0.15, -0.1) is 11.3 Å². The second-order valence-corrected chi connectivity index (χ2v) is 8.12. The molecule has 0 aliphatic heterocycles. The van der Waals surface area contributed by atoms with Crippen LogP contribution in [0.4, 0.5) is 0 Å². The molecule has 0 saturated heterocycles. The number of nitrogens with two attached hydrogens (primary N) is 1. The molecule has 0 saturated carbocycles. The van der Waals surface area contributed by atoms with Gasteiger partial charge in [0.2, 0.25) is 0 Å². The summed E-state index contributed by atoms with van der Waals surface area (Å²) in [6.45, 7) is 3.91. The monoisotopic (exact) mass is 283 g/mol. The summed E-state index contributed by atoms with van der Waals surface area (Å²) >= 11 is 1.58. The lowest BCUT2D eigenvalue weighted by molar-refractivity contribution is 0.587. The van der Waals surface area contributed by atoms with Crippen LogP contribution in [0, 0.1) is 0 Å². The smallest absolute Gasteiger partial charge is 0.156 e. The molecule has 98 valence electrons. The van der Waals surface area contributed by atoms with Crippen molar-refractivity contribution in [1.29, 1.82) is 0 Å². The van der Waals surface area contributed by atoms with Crippen LogP contribution >= 0.6 is 11.3 Å². The first-order chi connectivity index (χ1) is 8.44. The molecule has 5 heteroatoms. The molecule has 0 amide bonds. The van der Waals surface area contributed by atoms with Crippen LogP contribution in [-0.2, 0) is 22.1 Å². The third-order valence-electron chi connectivity index (χ3n) is 3.03. The summed E-state index contributed by atoms with van der Waals surface area (Å²) in [7, 11) is -3.06. The molecule has 0 radical (unpaired) electrons. The summed E-state index contributed by atoms with van der Waals surface area (Å²) in [6, 6.07) is 5.99. The maximum absolute atomic E-state index is 12.0. The topological polar surface area (TPSA) is 60.2 Å². The van der Waals surface area contributed by atoms with Crippen LogP contribution < -0.4 is 5.73 Å². The van der Waals surface area contributed by atoms with Gasteiger partial charge in [-0.1, -0.05) is 6.07 Å². The van der Waals surface area contributed by atoms with Crippen LogP contribution in [0.25, 0.3) is 10.1 Å². The molecule has 2 rings (SSSR count). The van der Waals surface area contributed by atoms with Crippen LogP contribution in [0.3, 0.4) is 0 Å². The Morgan fingerprint density at radius 2 is 2.06 bits per heavy atom. The molecule has 0 aliphatic rings. The first-order valence-electron chi connectivity index (χ1n) is 5.84. The van der Waals surface area contributed by atoms with Gasteiger partial charge < -0.3 is 5.73 Å². The highest BCUT2D eigenvalue weighted by molar-refractivity contribution is 7.91. The van der Waals surface area contributed by atoms with Gasteiger partial charge in [0.15, 0.2) is 9.84 Å². The quantitative estimate of drug-likeness (QED) is 0.938. The van der Waals surface area contributed by atoms with Crippen LogP contribution in [0.1, 0.15) is 25.0 Å². The highest BCUT2D eigenvalue weighted by Gasteiger charge is 2.19. The molecule has 1 aromatic heterocycles. The van der Waals surface area contributed by atoms with Gasteiger partial charge in [0, 0.05) is 11.2 Å². The van der Waals surface area contributed by atoms with Crippen LogP contribution in [-0.4, -0.2) is 13.7 Å². The van der Waals surface area contributed by atoms with Crippen molar-refractivity contribution in [2.24, 2.45) is 5.73 Å². The van der Waals surface area contributed by atoms with E-state index in [1.54, 1.807) is 25.2 Å². The number of sulfone groups is 1. The lowest BCUT2D eigenvalue weighted by Gasteiger charge is -2.07. The van der Waals surface area contributed by atoms with Gasteiger partial charge >= 0.3 is 0 Å². The average molecular weight is 283 g/mol. The number of thiophene rings is 1. The Hall–Kier alpha value is -0.910. The predicted octanol–water partition coefficient (Wildman–Crippen LogP) is 2.68. The van der Waals surface area contributed by atoms with Crippen molar-refractivity contribution in [1.82, 2.24) is 0 Å². The van der Waals surface area contributed by atoms with Gasteiger partial charge in [0.05, 0.1) is 11.0 Å². The zero-order chi connectivity index (χ0) is 13.3. The van der Waals surface area contributed by atoms with Gasteiger partial charge in [-0.3, -0.25) is 0 Å². The lowest BCUT2D eigenvalue weighted by atomic mass is 10.1. The first-order valence-corrected chi connectivity index (χ1v) is 8.44. The molecule has 0 fully saturated rings. The fourth-order valence-corrected chi connectivity index (χ4v) is 3.81. The van der Waals surface area contributed by atoms with E-state index in [4.69, 9.17) is 5.73 Å². The molecule has 3 nitrogen and oxygen atoms in total. The lowest BCUT2D eigenvalue weighted by Crippen LogP contribution is -2.15. The summed E-state index contributed by atoms with van der Waals surface area (Å²) < 4.78 is 25.1. The van der Waals surface area contributed by atoms with Crippen molar-refractivity contribution >= 4 is 31.3 Å². The fourth-order valence-electron chi connectivity index (χ4n) is 1.75. The van der Waals surface area contributed by atoms with Crippen LogP contribution in [0.2, 0.25) is 0 Å². The second-order valence-electron chi connectivity index (χ2n) is 4.65. The standard InChI is InChI=1S/C13H17NO2S2/c1-9(2)18(15,16)8-11-7-17-13-4-3-10(6-14)5-12(11)13/h3-5,7,9H,6,8,14H2,1-2H3. The minimum atomic E-state index is -3.06. The molecule has 1 heterocycles. The highest BCUT2D eigenvalue weighted by Crippen LogP contribution is 2.29. The normalized spacial score (nSPS) is 12.4. The minimum absolute atomic E-state index is 0.110. The summed E-state index contributed by atoms with van der Waals surface area (Å²) in [6.07, 6.45) is 0. The van der Waals surface area contributed by atoms with Crippen molar-refractivity contribution < 1.29 is 8.42 Å². The number of rotatable bonds is 4. The molecule has 0 bridgehead atoms. The Morgan fingerprint density at radius 3 is 2.67 bits per heavy atom. The second kappa shape index (κ2) is 4.99. The summed E-state index contributed by atoms with van der Waals surface area (Å²) in [5, 5.41) is 2.61. The summed E-state index contributed by atoms with van der Waals surface area (Å²) in [5.74, 6) is 0.110. The zero-order valence-corrected chi connectivity index (χ0v) is 12.1. The Morgan fingerprint density at radius 1 is 1.33 bits per heavy atom. The zero-order valence-electron chi connectivity index (χ0n) is 10.5. The molecule has 0 unspecified atom stereocenters. The molecule has 2 aromatic rings. The number of hydrogen-bond acceptors (Lipinski definition) is 4. The van der Waals surface area contributed by atoms with E-state index in [-0.39, 0.29) is 11.0 Å². The van der Waals surface area contributed by atoms with Crippen molar-refractivity contribution in [3.05, 3.63) is 34.7 Å². The van der Waals surface area contributed by atoms with Gasteiger partial charge in [0.25, 0.3) is 0 Å². The maximum atomic E-state index is 12.0. The van der Waals surface area contributed by atoms with E-state index in [9.17, 15) is 8.42 Å². The molecular formula is C13H17NO2S2. The van der Waals surface area contributed by atoms with E-state index in [1.165, 1.54) is 0 Å². The average Bonchev–Trinajstić information content (AvgIpc) is 2.71. The van der Waals surface area contributed by atoms with Crippen LogP contribution in [0.5, 0.6) is 0 Å². The van der Waals surface area contributed by atoms with E-state index >= 15 is 0 Å². The number of benzene rings is 1. The molecule has 1 aromatic carbocycles. The summed E-state index contributed by atoms with van der Waals surface area (Å²) in [5.41, 5.74) is 7.54. The Kier molecular flexibility index (Phi) is 3.75. The first kappa shape index (κ1) is 13.5. The molecular weight excluding hydrogens is 266 g/mol. The third-order valence-corrected chi connectivity index (χ3v) is 6.19. The van der Waals surface area contributed by atoms with E-state index in [0.717, 1.165) is 21.2 Å². The molecule has 2 N–H and O–H groups in total. The van der Waals surface area contributed by atoms with Gasteiger partial charge in [-0.05, 0) is 47.9 Å². The van der Waals surface area contributed by atoms with Gasteiger partial charge in [-0.25, -0.2) is 8.42 Å². The number of hydrogen-bond donors (Lipinski definition) is 1. The Balaban J connectivity index is 2.46. The Bertz CT molecular complexity index is 657. The predicted molar refractivity (Wildman–Crippen MR) is 77.5 cm³/mol.